The van der Waals surface area contributed by atoms with Gasteiger partial charge in [0.1, 0.15) is 6.04 Å². The van der Waals surface area contributed by atoms with E-state index < -0.39 is 6.04 Å². The number of carbonyl (C=O) groups excluding carboxylic acids is 2. The molecule has 0 spiro atoms. The predicted molar refractivity (Wildman–Crippen MR) is 71.6 cm³/mol. The van der Waals surface area contributed by atoms with Gasteiger partial charge in [-0.1, -0.05) is 19.3 Å². The zero-order chi connectivity index (χ0) is 13.7. The van der Waals surface area contributed by atoms with Gasteiger partial charge < -0.3 is 15.0 Å². The molecule has 1 atom stereocenters. The molecule has 1 saturated heterocycles. The van der Waals surface area contributed by atoms with E-state index in [0.29, 0.717) is 19.7 Å². The van der Waals surface area contributed by atoms with Crippen molar-refractivity contribution in [1.29, 1.82) is 0 Å². The number of ether oxygens (including phenoxy) is 1. The summed E-state index contributed by atoms with van der Waals surface area (Å²) in [6.07, 6.45) is 5.43. The van der Waals surface area contributed by atoms with Gasteiger partial charge in [0.2, 0.25) is 5.91 Å². The number of piperazine rings is 1. The summed E-state index contributed by atoms with van der Waals surface area (Å²) in [6, 6.07) is -0.442. The van der Waals surface area contributed by atoms with Crippen LogP contribution in [-0.4, -0.2) is 49.1 Å². The average molecular weight is 268 g/mol. The Kier molecular flexibility index (Phi) is 5.19. The van der Waals surface area contributed by atoms with Crippen molar-refractivity contribution in [2.24, 2.45) is 5.92 Å². The molecule has 0 aromatic carbocycles. The third kappa shape index (κ3) is 3.47. The number of esters is 1. The Morgan fingerprint density at radius 3 is 2.68 bits per heavy atom. The van der Waals surface area contributed by atoms with Gasteiger partial charge in [0.05, 0.1) is 6.61 Å². The van der Waals surface area contributed by atoms with Crippen molar-refractivity contribution in [1.82, 2.24) is 10.2 Å². The second kappa shape index (κ2) is 6.89. The van der Waals surface area contributed by atoms with Crippen LogP contribution in [0.15, 0.2) is 0 Å². The van der Waals surface area contributed by atoms with E-state index in [2.05, 4.69) is 5.32 Å². The summed E-state index contributed by atoms with van der Waals surface area (Å²) >= 11 is 0. The Morgan fingerprint density at radius 2 is 2.00 bits per heavy atom. The lowest BCUT2D eigenvalue weighted by atomic mass is 9.87. The highest BCUT2D eigenvalue weighted by molar-refractivity contribution is 5.86. The van der Waals surface area contributed by atoms with Crippen LogP contribution in [0, 0.1) is 5.92 Å². The summed E-state index contributed by atoms with van der Waals surface area (Å²) in [5.74, 6) is -0.0121. The smallest absolute Gasteiger partial charge is 0.330 e. The molecule has 19 heavy (non-hydrogen) atoms. The van der Waals surface area contributed by atoms with E-state index in [4.69, 9.17) is 4.74 Å². The quantitative estimate of drug-likeness (QED) is 0.774. The van der Waals surface area contributed by atoms with E-state index in [1.807, 2.05) is 0 Å². The molecule has 2 fully saturated rings. The maximum absolute atomic E-state index is 12.6. The molecular weight excluding hydrogens is 244 g/mol. The van der Waals surface area contributed by atoms with Gasteiger partial charge in [0.25, 0.3) is 0 Å². The highest BCUT2D eigenvalue weighted by Gasteiger charge is 2.36. The first-order valence-electron chi connectivity index (χ1n) is 7.42. The van der Waals surface area contributed by atoms with Crippen molar-refractivity contribution in [3.05, 3.63) is 0 Å². The van der Waals surface area contributed by atoms with Crippen molar-refractivity contribution >= 4 is 11.9 Å². The van der Waals surface area contributed by atoms with Crippen molar-refractivity contribution in [3.8, 4) is 0 Å². The second-order valence-corrected chi connectivity index (χ2v) is 5.34. The standard InChI is InChI=1S/C14H24N2O3/c1-2-19-14(18)12-10-15-8-9-16(12)13(17)11-6-4-3-5-7-11/h11-12,15H,2-10H2,1H3. The minimum atomic E-state index is -0.442. The summed E-state index contributed by atoms with van der Waals surface area (Å²) in [7, 11) is 0. The molecule has 1 aliphatic carbocycles. The number of nitrogens with one attached hydrogen (secondary N) is 1. The fourth-order valence-corrected chi connectivity index (χ4v) is 3.00. The van der Waals surface area contributed by atoms with Gasteiger partial charge in [-0.2, -0.15) is 0 Å². The second-order valence-electron chi connectivity index (χ2n) is 5.34. The molecule has 0 bridgehead atoms. The molecule has 108 valence electrons. The molecule has 2 rings (SSSR count). The lowest BCUT2D eigenvalue weighted by Crippen LogP contribution is -2.58. The number of hydrogen-bond acceptors (Lipinski definition) is 4. The van der Waals surface area contributed by atoms with Crippen molar-refractivity contribution in [3.63, 3.8) is 0 Å². The fourth-order valence-electron chi connectivity index (χ4n) is 3.00. The number of amides is 1. The van der Waals surface area contributed by atoms with Gasteiger partial charge >= 0.3 is 5.97 Å². The Hall–Kier alpha value is -1.10. The first kappa shape index (κ1) is 14.3. The summed E-state index contributed by atoms with van der Waals surface area (Å²) in [4.78, 5) is 26.2. The van der Waals surface area contributed by atoms with E-state index in [-0.39, 0.29) is 17.8 Å². The van der Waals surface area contributed by atoms with Crippen LogP contribution in [0.25, 0.3) is 0 Å². The fraction of sp³-hybridized carbons (Fsp3) is 0.857. The van der Waals surface area contributed by atoms with E-state index in [0.717, 1.165) is 32.2 Å². The minimum Gasteiger partial charge on any atom is -0.464 e. The average Bonchev–Trinajstić information content (AvgIpc) is 2.47. The third-order valence-electron chi connectivity index (χ3n) is 4.04. The van der Waals surface area contributed by atoms with Gasteiger partial charge in [-0.15, -0.1) is 0 Å². The highest BCUT2D eigenvalue weighted by Crippen LogP contribution is 2.26. The van der Waals surface area contributed by atoms with Crippen LogP contribution >= 0.6 is 0 Å². The van der Waals surface area contributed by atoms with Gasteiger partial charge in [0.15, 0.2) is 0 Å². The first-order valence-corrected chi connectivity index (χ1v) is 7.42. The van der Waals surface area contributed by atoms with Crippen LogP contribution in [-0.2, 0) is 14.3 Å². The van der Waals surface area contributed by atoms with Gasteiger partial charge in [-0.3, -0.25) is 4.79 Å². The largest absolute Gasteiger partial charge is 0.464 e. The zero-order valence-corrected chi connectivity index (χ0v) is 11.7. The molecule has 0 aromatic heterocycles. The van der Waals surface area contributed by atoms with Gasteiger partial charge in [-0.05, 0) is 19.8 Å². The molecule has 1 heterocycles. The molecule has 0 radical (unpaired) electrons. The molecule has 1 unspecified atom stereocenters. The maximum atomic E-state index is 12.6. The Labute approximate surface area is 114 Å². The predicted octanol–water partition coefficient (Wildman–Crippen LogP) is 0.930. The van der Waals surface area contributed by atoms with Gasteiger partial charge in [-0.25, -0.2) is 4.79 Å². The van der Waals surface area contributed by atoms with Gasteiger partial charge in [0, 0.05) is 25.6 Å². The molecule has 5 heteroatoms. The van der Waals surface area contributed by atoms with Crippen LogP contribution in [0.3, 0.4) is 0 Å². The van der Waals surface area contributed by atoms with Crippen LogP contribution < -0.4 is 5.32 Å². The first-order chi connectivity index (χ1) is 9.24. The van der Waals surface area contributed by atoms with Crippen LogP contribution in [0.2, 0.25) is 0 Å². The maximum Gasteiger partial charge on any atom is 0.330 e. The van der Waals surface area contributed by atoms with Crippen LogP contribution in [0.5, 0.6) is 0 Å². The molecule has 1 amide bonds. The molecule has 0 aromatic rings. The van der Waals surface area contributed by atoms with E-state index in [9.17, 15) is 9.59 Å². The van der Waals surface area contributed by atoms with E-state index >= 15 is 0 Å². The lowest BCUT2D eigenvalue weighted by molar-refractivity contribution is -0.157. The number of nitrogens with zero attached hydrogens (tertiary/aromatic N) is 1. The normalized spacial score (nSPS) is 25.1. The lowest BCUT2D eigenvalue weighted by Gasteiger charge is -2.37. The SMILES string of the molecule is CCOC(=O)C1CNCCN1C(=O)C1CCCCC1. The Morgan fingerprint density at radius 1 is 1.26 bits per heavy atom. The summed E-state index contributed by atoms with van der Waals surface area (Å²) in [5.41, 5.74) is 0. The van der Waals surface area contributed by atoms with Crippen LogP contribution in [0.1, 0.15) is 39.0 Å². The summed E-state index contributed by atoms with van der Waals surface area (Å²) in [6.45, 7) is 4.03. The van der Waals surface area contributed by atoms with E-state index in [1.165, 1.54) is 6.42 Å². The summed E-state index contributed by atoms with van der Waals surface area (Å²) in [5, 5.41) is 3.17. The topological polar surface area (TPSA) is 58.6 Å². The molecular formula is C14H24N2O3. The van der Waals surface area contributed by atoms with Crippen LogP contribution in [0.4, 0.5) is 0 Å². The number of rotatable bonds is 3. The molecule has 5 nitrogen and oxygen atoms in total. The van der Waals surface area contributed by atoms with E-state index in [1.54, 1.807) is 11.8 Å². The Bertz CT molecular complexity index is 327. The number of carbonyl (C=O) groups is 2. The highest BCUT2D eigenvalue weighted by atomic mass is 16.5. The van der Waals surface area contributed by atoms with Crippen molar-refractivity contribution in [2.75, 3.05) is 26.2 Å². The zero-order valence-electron chi connectivity index (χ0n) is 11.7. The summed E-state index contributed by atoms with van der Waals surface area (Å²) < 4.78 is 5.08. The molecule has 1 saturated carbocycles. The molecule has 1 aliphatic heterocycles. The third-order valence-corrected chi connectivity index (χ3v) is 4.04. The number of hydrogen-bond donors (Lipinski definition) is 1. The Balaban J connectivity index is 2.01. The molecule has 2 aliphatic rings. The monoisotopic (exact) mass is 268 g/mol. The van der Waals surface area contributed by atoms with Crippen molar-refractivity contribution in [2.45, 2.75) is 45.1 Å². The molecule has 1 N–H and O–H groups in total. The minimum absolute atomic E-state index is 0.115. The van der Waals surface area contributed by atoms with Crippen molar-refractivity contribution < 1.29 is 14.3 Å².